The van der Waals surface area contributed by atoms with Crippen molar-refractivity contribution in [2.75, 3.05) is 6.54 Å². The smallest absolute Gasteiger partial charge is 0.306 e. The minimum Gasteiger partial charge on any atom is -0.481 e. The van der Waals surface area contributed by atoms with Crippen LogP contribution >= 0.6 is 11.3 Å². The molecule has 1 aliphatic heterocycles. The topological polar surface area (TPSA) is 57.6 Å². The maximum atomic E-state index is 12.8. The van der Waals surface area contributed by atoms with Crippen molar-refractivity contribution < 1.29 is 14.7 Å². The lowest BCUT2D eigenvalue weighted by molar-refractivity contribution is -0.145. The quantitative estimate of drug-likeness (QED) is 0.932. The number of rotatable bonds is 3. The number of aliphatic carboxylic acids is 1. The Labute approximate surface area is 128 Å². The van der Waals surface area contributed by atoms with Gasteiger partial charge in [-0.15, -0.1) is 11.3 Å². The fourth-order valence-corrected chi connectivity index (χ4v) is 4.55. The van der Waals surface area contributed by atoms with Crippen LogP contribution in [0.1, 0.15) is 49.4 Å². The molecule has 4 nitrogen and oxygen atoms in total. The van der Waals surface area contributed by atoms with Crippen LogP contribution in [0, 0.1) is 11.8 Å². The molecule has 0 bridgehead atoms. The van der Waals surface area contributed by atoms with Crippen molar-refractivity contribution in [3.63, 3.8) is 0 Å². The van der Waals surface area contributed by atoms with Crippen LogP contribution < -0.4 is 0 Å². The Balaban J connectivity index is 1.70. The van der Waals surface area contributed by atoms with Gasteiger partial charge in [0.15, 0.2) is 0 Å². The summed E-state index contributed by atoms with van der Waals surface area (Å²) >= 11 is 1.71. The molecule has 2 heterocycles. The number of carbonyl (C=O) groups is 2. The molecule has 0 aromatic carbocycles. The van der Waals surface area contributed by atoms with Gasteiger partial charge in [0.25, 0.3) is 0 Å². The van der Waals surface area contributed by atoms with Crippen LogP contribution in [-0.2, 0) is 9.59 Å². The van der Waals surface area contributed by atoms with Crippen LogP contribution in [0.4, 0.5) is 0 Å². The first-order chi connectivity index (χ1) is 10.2. The van der Waals surface area contributed by atoms with Crippen molar-refractivity contribution in [3.05, 3.63) is 22.4 Å². The standard InChI is InChI=1S/C16H21NO3S/c18-15(11-4-1-5-12(10-11)16(19)20)17-8-2-6-13(17)14-7-3-9-21-14/h3,7,9,11-13H,1-2,4-6,8,10H2,(H,19,20). The highest BCUT2D eigenvalue weighted by atomic mass is 32.1. The number of hydrogen-bond acceptors (Lipinski definition) is 3. The highest BCUT2D eigenvalue weighted by Crippen LogP contribution is 2.38. The Morgan fingerprint density at radius 3 is 2.71 bits per heavy atom. The molecule has 0 radical (unpaired) electrons. The van der Waals surface area contributed by atoms with Crippen LogP contribution in [0.15, 0.2) is 17.5 Å². The van der Waals surface area contributed by atoms with Gasteiger partial charge in [-0.05, 0) is 43.6 Å². The zero-order valence-corrected chi connectivity index (χ0v) is 12.8. The van der Waals surface area contributed by atoms with E-state index < -0.39 is 5.97 Å². The van der Waals surface area contributed by atoms with Crippen LogP contribution in [0.25, 0.3) is 0 Å². The number of carboxylic acid groups (broad SMARTS) is 1. The molecule has 1 saturated heterocycles. The monoisotopic (exact) mass is 307 g/mol. The van der Waals surface area contributed by atoms with E-state index in [1.165, 1.54) is 4.88 Å². The zero-order valence-electron chi connectivity index (χ0n) is 12.0. The second-order valence-corrected chi connectivity index (χ2v) is 7.08. The summed E-state index contributed by atoms with van der Waals surface area (Å²) < 4.78 is 0. The molecule has 1 amide bonds. The third-order valence-corrected chi connectivity index (χ3v) is 5.75. The summed E-state index contributed by atoms with van der Waals surface area (Å²) in [4.78, 5) is 27.2. The minimum absolute atomic E-state index is 0.0968. The summed E-state index contributed by atoms with van der Waals surface area (Å²) in [7, 11) is 0. The van der Waals surface area contributed by atoms with E-state index in [1.807, 2.05) is 11.0 Å². The molecule has 1 aromatic heterocycles. The fraction of sp³-hybridized carbons (Fsp3) is 0.625. The van der Waals surface area contributed by atoms with Crippen molar-refractivity contribution in [1.82, 2.24) is 4.90 Å². The van der Waals surface area contributed by atoms with Gasteiger partial charge in [-0.25, -0.2) is 0 Å². The first kappa shape index (κ1) is 14.6. The molecular weight excluding hydrogens is 286 g/mol. The van der Waals surface area contributed by atoms with Gasteiger partial charge >= 0.3 is 5.97 Å². The van der Waals surface area contributed by atoms with Crippen molar-refractivity contribution in [1.29, 1.82) is 0 Å². The first-order valence-corrected chi connectivity index (χ1v) is 8.61. The number of carboxylic acids is 1. The van der Waals surface area contributed by atoms with E-state index in [0.29, 0.717) is 12.8 Å². The molecule has 114 valence electrons. The molecule has 0 spiro atoms. The van der Waals surface area contributed by atoms with E-state index in [-0.39, 0.29) is 23.8 Å². The fourth-order valence-electron chi connectivity index (χ4n) is 3.68. The average Bonchev–Trinajstić information content (AvgIpc) is 3.17. The average molecular weight is 307 g/mol. The van der Waals surface area contributed by atoms with Gasteiger partial charge in [0.05, 0.1) is 12.0 Å². The number of nitrogens with zero attached hydrogens (tertiary/aromatic N) is 1. The highest BCUT2D eigenvalue weighted by molar-refractivity contribution is 7.10. The van der Waals surface area contributed by atoms with E-state index in [9.17, 15) is 14.7 Å². The lowest BCUT2D eigenvalue weighted by atomic mass is 9.80. The summed E-state index contributed by atoms with van der Waals surface area (Å²) in [6, 6.07) is 4.34. The normalized spacial score (nSPS) is 29.5. The Hall–Kier alpha value is -1.36. The number of thiophene rings is 1. The second kappa shape index (κ2) is 6.18. The SMILES string of the molecule is O=C(O)C1CCCC(C(=O)N2CCCC2c2cccs2)C1. The van der Waals surface area contributed by atoms with Crippen molar-refractivity contribution in [2.24, 2.45) is 11.8 Å². The number of amides is 1. The van der Waals surface area contributed by atoms with E-state index in [1.54, 1.807) is 11.3 Å². The summed E-state index contributed by atoms with van der Waals surface area (Å²) in [6.07, 6.45) is 5.00. The van der Waals surface area contributed by atoms with Crippen molar-refractivity contribution >= 4 is 23.2 Å². The zero-order chi connectivity index (χ0) is 14.8. The largest absolute Gasteiger partial charge is 0.481 e. The minimum atomic E-state index is -0.747. The summed E-state index contributed by atoms with van der Waals surface area (Å²) in [6.45, 7) is 0.815. The van der Waals surface area contributed by atoms with Crippen molar-refractivity contribution in [2.45, 2.75) is 44.6 Å². The lowest BCUT2D eigenvalue weighted by Crippen LogP contribution is -2.38. The lowest BCUT2D eigenvalue weighted by Gasteiger charge is -2.32. The second-order valence-electron chi connectivity index (χ2n) is 6.10. The summed E-state index contributed by atoms with van der Waals surface area (Å²) in [5.74, 6) is -1.00. The third kappa shape index (κ3) is 2.98. The Morgan fingerprint density at radius 1 is 1.19 bits per heavy atom. The molecule has 2 aliphatic rings. The third-order valence-electron chi connectivity index (χ3n) is 4.78. The van der Waals surface area contributed by atoms with Gasteiger partial charge in [0, 0.05) is 17.3 Å². The maximum Gasteiger partial charge on any atom is 0.306 e. The van der Waals surface area contributed by atoms with Crippen LogP contribution in [0.5, 0.6) is 0 Å². The van der Waals surface area contributed by atoms with Crippen LogP contribution in [-0.4, -0.2) is 28.4 Å². The summed E-state index contributed by atoms with van der Waals surface area (Å²) in [5, 5.41) is 11.2. The molecule has 1 saturated carbocycles. The van der Waals surface area contributed by atoms with E-state index in [0.717, 1.165) is 32.2 Å². The molecule has 5 heteroatoms. The van der Waals surface area contributed by atoms with Gasteiger partial charge in [0.2, 0.25) is 5.91 Å². The van der Waals surface area contributed by atoms with E-state index in [4.69, 9.17) is 0 Å². The first-order valence-electron chi connectivity index (χ1n) is 7.73. The molecule has 1 aromatic rings. The molecule has 2 fully saturated rings. The van der Waals surface area contributed by atoms with E-state index in [2.05, 4.69) is 11.4 Å². The number of hydrogen-bond donors (Lipinski definition) is 1. The maximum absolute atomic E-state index is 12.8. The van der Waals surface area contributed by atoms with Crippen molar-refractivity contribution in [3.8, 4) is 0 Å². The molecular formula is C16H21NO3S. The number of likely N-dealkylation sites (tertiary alicyclic amines) is 1. The highest BCUT2D eigenvalue weighted by Gasteiger charge is 2.37. The molecule has 3 rings (SSSR count). The molecule has 3 unspecified atom stereocenters. The van der Waals surface area contributed by atoms with E-state index >= 15 is 0 Å². The molecule has 1 N–H and O–H groups in total. The Bertz CT molecular complexity index is 514. The Morgan fingerprint density at radius 2 is 2.00 bits per heavy atom. The van der Waals surface area contributed by atoms with Crippen LogP contribution in [0.2, 0.25) is 0 Å². The number of carbonyl (C=O) groups excluding carboxylic acids is 1. The Kier molecular flexibility index (Phi) is 4.29. The molecule has 1 aliphatic carbocycles. The predicted octanol–water partition coefficient (Wildman–Crippen LogP) is 3.30. The van der Waals surface area contributed by atoms with Gasteiger partial charge < -0.3 is 10.0 Å². The van der Waals surface area contributed by atoms with Gasteiger partial charge in [0.1, 0.15) is 0 Å². The van der Waals surface area contributed by atoms with Gasteiger partial charge in [-0.3, -0.25) is 9.59 Å². The van der Waals surface area contributed by atoms with Gasteiger partial charge in [-0.1, -0.05) is 12.5 Å². The predicted molar refractivity (Wildman–Crippen MR) is 81.1 cm³/mol. The summed E-state index contributed by atoms with van der Waals surface area (Å²) in [5.41, 5.74) is 0. The van der Waals surface area contributed by atoms with Crippen LogP contribution in [0.3, 0.4) is 0 Å². The van der Waals surface area contributed by atoms with Gasteiger partial charge in [-0.2, -0.15) is 0 Å². The molecule has 21 heavy (non-hydrogen) atoms. The molecule has 3 atom stereocenters.